The SMILES string of the molecule is CSc1ccc(CN(CCO)C2CCCC2)cc1. The van der Waals surface area contributed by atoms with Gasteiger partial charge in [0.15, 0.2) is 0 Å². The van der Waals surface area contributed by atoms with E-state index < -0.39 is 0 Å². The number of hydrogen-bond acceptors (Lipinski definition) is 3. The van der Waals surface area contributed by atoms with Crippen LogP contribution in [0.1, 0.15) is 31.2 Å². The first kappa shape index (κ1) is 13.9. The minimum absolute atomic E-state index is 0.263. The lowest BCUT2D eigenvalue weighted by Gasteiger charge is -2.28. The van der Waals surface area contributed by atoms with Gasteiger partial charge < -0.3 is 5.11 Å². The normalized spacial score (nSPS) is 16.6. The Morgan fingerprint density at radius 1 is 1.22 bits per heavy atom. The first-order chi connectivity index (χ1) is 8.83. The smallest absolute Gasteiger partial charge is 0.0558 e. The highest BCUT2D eigenvalue weighted by Crippen LogP contribution is 2.25. The average molecular weight is 265 g/mol. The summed E-state index contributed by atoms with van der Waals surface area (Å²) in [6.07, 6.45) is 7.38. The van der Waals surface area contributed by atoms with Crippen molar-refractivity contribution in [3.05, 3.63) is 29.8 Å². The molecule has 2 nitrogen and oxygen atoms in total. The van der Waals surface area contributed by atoms with Crippen LogP contribution < -0.4 is 0 Å². The Hall–Kier alpha value is -0.510. The Balaban J connectivity index is 1.98. The summed E-state index contributed by atoms with van der Waals surface area (Å²) in [7, 11) is 0. The van der Waals surface area contributed by atoms with Gasteiger partial charge >= 0.3 is 0 Å². The lowest BCUT2D eigenvalue weighted by Crippen LogP contribution is -2.35. The minimum atomic E-state index is 0.263. The van der Waals surface area contributed by atoms with Crippen LogP contribution in [0.5, 0.6) is 0 Å². The molecule has 0 atom stereocenters. The fourth-order valence-corrected chi connectivity index (χ4v) is 3.16. The Kier molecular flexibility index (Phi) is 5.54. The molecule has 0 saturated heterocycles. The second-order valence-corrected chi connectivity index (χ2v) is 5.86. The minimum Gasteiger partial charge on any atom is -0.395 e. The molecule has 1 saturated carbocycles. The van der Waals surface area contributed by atoms with Gasteiger partial charge in [0.1, 0.15) is 0 Å². The van der Waals surface area contributed by atoms with E-state index in [4.69, 9.17) is 0 Å². The number of thioether (sulfide) groups is 1. The summed E-state index contributed by atoms with van der Waals surface area (Å²) in [5, 5.41) is 9.21. The van der Waals surface area contributed by atoms with E-state index >= 15 is 0 Å². The van der Waals surface area contributed by atoms with Gasteiger partial charge in [-0.05, 0) is 36.8 Å². The molecule has 18 heavy (non-hydrogen) atoms. The van der Waals surface area contributed by atoms with Crippen molar-refractivity contribution in [2.24, 2.45) is 0 Å². The summed E-state index contributed by atoms with van der Waals surface area (Å²) >= 11 is 1.78. The second-order valence-electron chi connectivity index (χ2n) is 4.98. The van der Waals surface area contributed by atoms with E-state index in [0.717, 1.165) is 13.1 Å². The first-order valence-corrected chi connectivity index (χ1v) is 8.04. The van der Waals surface area contributed by atoms with E-state index in [1.807, 2.05) is 0 Å². The molecule has 1 aliphatic carbocycles. The predicted octanol–water partition coefficient (Wildman–Crippen LogP) is 3.15. The molecule has 1 aromatic rings. The highest BCUT2D eigenvalue weighted by Gasteiger charge is 2.21. The number of hydrogen-bond donors (Lipinski definition) is 1. The summed E-state index contributed by atoms with van der Waals surface area (Å²) in [4.78, 5) is 3.76. The Morgan fingerprint density at radius 3 is 2.44 bits per heavy atom. The number of aliphatic hydroxyl groups is 1. The molecule has 1 aromatic carbocycles. The quantitative estimate of drug-likeness (QED) is 0.799. The molecule has 100 valence electrons. The molecule has 0 heterocycles. The van der Waals surface area contributed by atoms with Gasteiger partial charge in [0.05, 0.1) is 6.61 Å². The molecule has 2 rings (SSSR count). The molecule has 0 spiro atoms. The van der Waals surface area contributed by atoms with E-state index in [0.29, 0.717) is 6.04 Å². The molecule has 0 radical (unpaired) electrons. The summed E-state index contributed by atoms with van der Waals surface area (Å²) in [6, 6.07) is 9.48. The fraction of sp³-hybridized carbons (Fsp3) is 0.600. The molecular weight excluding hydrogens is 242 g/mol. The first-order valence-electron chi connectivity index (χ1n) is 6.81. The van der Waals surface area contributed by atoms with E-state index in [-0.39, 0.29) is 6.61 Å². The maximum absolute atomic E-state index is 9.21. The largest absolute Gasteiger partial charge is 0.395 e. The molecule has 0 aliphatic heterocycles. The van der Waals surface area contributed by atoms with Crippen LogP contribution in [-0.4, -0.2) is 35.5 Å². The van der Waals surface area contributed by atoms with Crippen molar-refractivity contribution in [1.29, 1.82) is 0 Å². The summed E-state index contributed by atoms with van der Waals surface area (Å²) < 4.78 is 0. The molecule has 0 amide bonds. The van der Waals surface area contributed by atoms with E-state index in [1.165, 1.54) is 36.1 Å². The predicted molar refractivity (Wildman–Crippen MR) is 78.0 cm³/mol. The molecule has 0 unspecified atom stereocenters. The van der Waals surface area contributed by atoms with Gasteiger partial charge in [0, 0.05) is 24.0 Å². The monoisotopic (exact) mass is 265 g/mol. The zero-order valence-corrected chi connectivity index (χ0v) is 12.0. The summed E-state index contributed by atoms with van der Waals surface area (Å²) in [5.74, 6) is 0. The number of benzene rings is 1. The van der Waals surface area contributed by atoms with Gasteiger partial charge in [-0.2, -0.15) is 0 Å². The van der Waals surface area contributed by atoms with Crippen molar-refractivity contribution in [2.45, 2.75) is 43.2 Å². The van der Waals surface area contributed by atoms with Gasteiger partial charge in [-0.25, -0.2) is 0 Å². The van der Waals surface area contributed by atoms with E-state index in [1.54, 1.807) is 11.8 Å². The third-order valence-electron chi connectivity index (χ3n) is 3.77. The highest BCUT2D eigenvalue weighted by atomic mass is 32.2. The maximum atomic E-state index is 9.21. The van der Waals surface area contributed by atoms with Crippen LogP contribution in [0.15, 0.2) is 29.2 Å². The van der Waals surface area contributed by atoms with E-state index in [9.17, 15) is 5.11 Å². The average Bonchev–Trinajstić information content (AvgIpc) is 2.93. The zero-order valence-electron chi connectivity index (χ0n) is 11.1. The summed E-state index contributed by atoms with van der Waals surface area (Å²) in [6.45, 7) is 2.04. The van der Waals surface area contributed by atoms with Crippen molar-refractivity contribution in [1.82, 2.24) is 4.90 Å². The van der Waals surface area contributed by atoms with Crippen molar-refractivity contribution >= 4 is 11.8 Å². The lowest BCUT2D eigenvalue weighted by atomic mass is 10.1. The van der Waals surface area contributed by atoms with Gasteiger partial charge in [0.25, 0.3) is 0 Å². The highest BCUT2D eigenvalue weighted by molar-refractivity contribution is 7.98. The fourth-order valence-electron chi connectivity index (χ4n) is 2.75. The zero-order chi connectivity index (χ0) is 12.8. The third kappa shape index (κ3) is 3.74. The van der Waals surface area contributed by atoms with Crippen LogP contribution in [0, 0.1) is 0 Å². The van der Waals surface area contributed by atoms with E-state index in [2.05, 4.69) is 35.4 Å². The molecule has 0 aromatic heterocycles. The van der Waals surface area contributed by atoms with Crippen molar-refractivity contribution in [3.8, 4) is 0 Å². The van der Waals surface area contributed by atoms with Gasteiger partial charge in [0.2, 0.25) is 0 Å². The van der Waals surface area contributed by atoms with Crippen molar-refractivity contribution in [3.63, 3.8) is 0 Å². The Bertz CT molecular complexity index is 346. The van der Waals surface area contributed by atoms with Crippen LogP contribution in [-0.2, 0) is 6.54 Å². The number of nitrogens with zero attached hydrogens (tertiary/aromatic N) is 1. The standard InChI is InChI=1S/C15H23NOS/c1-18-15-8-6-13(7-9-15)12-16(10-11-17)14-4-2-3-5-14/h6-9,14,17H,2-5,10-12H2,1H3. The molecule has 1 N–H and O–H groups in total. The summed E-state index contributed by atoms with van der Waals surface area (Å²) in [5.41, 5.74) is 1.35. The molecule has 1 fully saturated rings. The Morgan fingerprint density at radius 2 is 1.89 bits per heavy atom. The van der Waals surface area contributed by atoms with Crippen LogP contribution in [0.3, 0.4) is 0 Å². The molecule has 3 heteroatoms. The molecular formula is C15H23NOS. The van der Waals surface area contributed by atoms with Crippen molar-refractivity contribution in [2.75, 3.05) is 19.4 Å². The third-order valence-corrected chi connectivity index (χ3v) is 4.52. The van der Waals surface area contributed by atoms with Crippen LogP contribution >= 0.6 is 11.8 Å². The topological polar surface area (TPSA) is 23.5 Å². The van der Waals surface area contributed by atoms with Crippen LogP contribution in [0.4, 0.5) is 0 Å². The van der Waals surface area contributed by atoms with Gasteiger partial charge in [-0.3, -0.25) is 4.90 Å². The maximum Gasteiger partial charge on any atom is 0.0558 e. The molecule has 0 bridgehead atoms. The number of rotatable bonds is 6. The lowest BCUT2D eigenvalue weighted by molar-refractivity contribution is 0.145. The number of aliphatic hydroxyl groups excluding tert-OH is 1. The van der Waals surface area contributed by atoms with Crippen molar-refractivity contribution < 1.29 is 5.11 Å². The van der Waals surface area contributed by atoms with Gasteiger partial charge in [-0.1, -0.05) is 25.0 Å². The van der Waals surface area contributed by atoms with Crippen LogP contribution in [0.2, 0.25) is 0 Å². The Labute approximate surface area is 114 Å². The second kappa shape index (κ2) is 7.17. The molecule has 1 aliphatic rings. The van der Waals surface area contributed by atoms with Gasteiger partial charge in [-0.15, -0.1) is 11.8 Å². The van der Waals surface area contributed by atoms with Crippen LogP contribution in [0.25, 0.3) is 0 Å².